The van der Waals surface area contributed by atoms with Crippen LogP contribution in [-0.2, 0) is 42.7 Å². The third-order valence-electron chi connectivity index (χ3n) is 25.4. The molecule has 0 spiro atoms. The van der Waals surface area contributed by atoms with Crippen LogP contribution in [0.5, 0.6) is 0 Å². The van der Waals surface area contributed by atoms with Gasteiger partial charge in [-0.2, -0.15) is 0 Å². The SMILES string of the molecule is C=CC(=O)N(CC(O)COCCCCCCCCCCCCC(OCCCCCCCCCC(C)(C)C)(OCCCCCCCCCC(C)(C)C)OCCCCCCCCCC(C)(C)C)CC(O)COCCCCCCCCCCCCC(OCCCCCCCCCC(C)(C)C)(OCCCCCCCCCC(C)(C)C)OCCCCCCCCCC(C)(C)C. The summed E-state index contributed by atoms with van der Waals surface area (Å²) in [6.07, 6.45) is 85.7. The van der Waals surface area contributed by atoms with Gasteiger partial charge in [-0.3, -0.25) is 4.79 Å². The fourth-order valence-corrected chi connectivity index (χ4v) is 17.3. The van der Waals surface area contributed by atoms with Crippen LogP contribution < -0.4 is 0 Å². The smallest absolute Gasteiger partial charge is 0.282 e. The number of hydrogen-bond donors (Lipinski definition) is 2. The number of unbranched alkanes of at least 4 members (excludes halogenated alkanes) is 54. The van der Waals surface area contributed by atoms with Crippen molar-refractivity contribution in [3.8, 4) is 0 Å². The lowest BCUT2D eigenvalue weighted by Gasteiger charge is -2.34. The van der Waals surface area contributed by atoms with E-state index in [0.29, 0.717) is 85.3 Å². The van der Waals surface area contributed by atoms with Crippen molar-refractivity contribution >= 4 is 5.91 Å². The van der Waals surface area contributed by atoms with E-state index < -0.39 is 24.2 Å². The topological polar surface area (TPSA) is 135 Å². The molecule has 0 aliphatic carbocycles. The molecule has 0 radical (unpaired) electrons. The van der Waals surface area contributed by atoms with Crippen molar-refractivity contribution in [3.05, 3.63) is 12.7 Å². The predicted octanol–water partition coefficient (Wildman–Crippen LogP) is 34.7. The molecule has 2 unspecified atom stereocenters. The second-order valence-electron chi connectivity index (χ2n) is 46.6. The van der Waals surface area contributed by atoms with E-state index in [1.807, 2.05) is 0 Å². The summed E-state index contributed by atoms with van der Waals surface area (Å²) < 4.78 is 52.9. The maximum Gasteiger partial charge on any atom is 0.282 e. The first-order chi connectivity index (χ1) is 59.6. The van der Waals surface area contributed by atoms with Crippen LogP contribution in [0, 0.1) is 32.5 Å². The zero-order valence-corrected chi connectivity index (χ0v) is 87.9. The molecule has 0 aromatic heterocycles. The van der Waals surface area contributed by atoms with Crippen molar-refractivity contribution in [1.82, 2.24) is 4.90 Å². The Labute approximate surface area is 781 Å². The van der Waals surface area contributed by atoms with Gasteiger partial charge < -0.3 is 53.0 Å². The number of ether oxygens (including phenoxy) is 8. The van der Waals surface area contributed by atoms with Gasteiger partial charge in [-0.15, -0.1) is 0 Å². The van der Waals surface area contributed by atoms with Crippen molar-refractivity contribution in [1.29, 1.82) is 0 Å². The van der Waals surface area contributed by atoms with Gasteiger partial charge in [0, 0.05) is 39.1 Å². The van der Waals surface area contributed by atoms with Crippen molar-refractivity contribution in [3.63, 3.8) is 0 Å². The molecule has 125 heavy (non-hydrogen) atoms. The average molecular weight is 1770 g/mol. The van der Waals surface area contributed by atoms with E-state index in [9.17, 15) is 15.0 Å². The highest BCUT2D eigenvalue weighted by Crippen LogP contribution is 2.33. The van der Waals surface area contributed by atoms with Gasteiger partial charge in [0.2, 0.25) is 5.91 Å². The summed E-state index contributed by atoms with van der Waals surface area (Å²) in [4.78, 5) is 14.4. The lowest BCUT2D eigenvalue weighted by Crippen LogP contribution is -2.43. The summed E-state index contributed by atoms with van der Waals surface area (Å²) in [5.74, 6) is -2.19. The quantitative estimate of drug-likeness (QED) is 0.0342. The Balaban J connectivity index is 5.04. The van der Waals surface area contributed by atoms with Crippen molar-refractivity contribution < 1.29 is 52.9 Å². The first-order valence-corrected chi connectivity index (χ1v) is 54.8. The maximum absolute atomic E-state index is 12.9. The first kappa shape index (κ1) is 124. The molecule has 0 saturated heterocycles. The zero-order valence-electron chi connectivity index (χ0n) is 87.9. The number of rotatable bonds is 95. The van der Waals surface area contributed by atoms with Crippen LogP contribution >= 0.6 is 0 Å². The van der Waals surface area contributed by atoms with E-state index in [0.717, 1.165) is 89.9 Å². The van der Waals surface area contributed by atoms with Crippen LogP contribution in [0.1, 0.15) is 574 Å². The molecule has 0 heterocycles. The molecule has 0 saturated carbocycles. The summed E-state index contributed by atoms with van der Waals surface area (Å²) in [5, 5.41) is 21.9. The number of aliphatic hydroxyl groups excluding tert-OH is 2. The Morgan fingerprint density at radius 2 is 0.360 bits per heavy atom. The van der Waals surface area contributed by atoms with Crippen LogP contribution in [0.15, 0.2) is 12.7 Å². The van der Waals surface area contributed by atoms with Crippen LogP contribution in [0.25, 0.3) is 0 Å². The zero-order chi connectivity index (χ0) is 92.7. The largest absolute Gasteiger partial charge is 0.389 e. The summed E-state index contributed by atoms with van der Waals surface area (Å²) in [5.41, 5.74) is 2.61. The van der Waals surface area contributed by atoms with Crippen molar-refractivity contribution in [2.24, 2.45) is 32.5 Å². The Kier molecular flexibility index (Phi) is 80.4. The van der Waals surface area contributed by atoms with E-state index in [1.165, 1.54) is 371 Å². The fraction of sp³-hybridized carbons (Fsp3) is 0.973. The molecule has 748 valence electrons. The molecule has 1 amide bonds. The Morgan fingerprint density at radius 3 is 0.512 bits per heavy atom. The normalized spacial score (nSPS) is 13.4. The van der Waals surface area contributed by atoms with Crippen LogP contribution in [-0.4, -0.2) is 124 Å². The first-order valence-electron chi connectivity index (χ1n) is 54.8. The Morgan fingerprint density at radius 1 is 0.224 bits per heavy atom. The summed E-state index contributed by atoms with van der Waals surface area (Å²) >= 11 is 0. The third kappa shape index (κ3) is 93.0. The molecule has 0 fully saturated rings. The molecule has 2 atom stereocenters. The minimum Gasteiger partial charge on any atom is -0.389 e. The molecule has 0 aliphatic heterocycles. The Bertz CT molecular complexity index is 1950. The molecule has 12 nitrogen and oxygen atoms in total. The van der Waals surface area contributed by atoms with E-state index in [2.05, 4.69) is 131 Å². The number of amides is 1. The third-order valence-corrected chi connectivity index (χ3v) is 25.4. The minimum atomic E-state index is -0.938. The fourth-order valence-electron chi connectivity index (χ4n) is 17.3. The van der Waals surface area contributed by atoms with Gasteiger partial charge in [0.25, 0.3) is 11.9 Å². The molecule has 12 heteroatoms. The highest BCUT2D eigenvalue weighted by atomic mass is 16.9. The highest BCUT2D eigenvalue weighted by molar-refractivity contribution is 5.87. The van der Waals surface area contributed by atoms with Gasteiger partial charge in [0.15, 0.2) is 0 Å². The molecular formula is C113H225NO11. The predicted molar refractivity (Wildman–Crippen MR) is 542 cm³/mol. The van der Waals surface area contributed by atoms with E-state index in [1.54, 1.807) is 0 Å². The monoisotopic (exact) mass is 1770 g/mol. The van der Waals surface area contributed by atoms with Gasteiger partial charge >= 0.3 is 0 Å². The standard InChI is InChI=1S/C113H225NO11/c1-20-105(117)114(99-103(115)101-118-91-75-59-43-27-23-21-25-41-57-73-89-112(120-93-77-61-45-29-35-51-67-83-106(2,3)4,121-94-78-62-46-30-36-52-68-84-107(5,6)7)122-95-79-63-47-31-37-53-69-85-108(8,9)10)100-104(116)102-119-92-76-60-44-28-24-22-26-42-58-74-90-113(123-96-80-64-48-32-38-54-70-86-109(11,12)13,124-97-81-65-49-33-39-55-71-87-110(14,15)16)125-98-82-66-50-34-40-56-72-88-111(17,18)19/h20,103-104,115-116H,1,21-102H2,2-19H3. The number of nitrogens with zero attached hydrogens (tertiary/aromatic N) is 1. The number of carbonyl (C=O) groups is 1. The maximum atomic E-state index is 12.9. The molecule has 0 bridgehead atoms. The minimum absolute atomic E-state index is 0.0728. The van der Waals surface area contributed by atoms with Crippen LogP contribution in [0.3, 0.4) is 0 Å². The molecular weight excluding hydrogens is 1550 g/mol. The summed E-state index contributed by atoms with van der Waals surface area (Å²) in [6.45, 7) is 52.0. The van der Waals surface area contributed by atoms with Gasteiger partial charge in [0.05, 0.1) is 65.1 Å². The number of carbonyl (C=O) groups excluding carboxylic acids is 1. The summed E-state index contributed by atoms with van der Waals surface area (Å²) in [6, 6.07) is 0. The second-order valence-corrected chi connectivity index (χ2v) is 46.6. The molecule has 0 aliphatic rings. The second kappa shape index (κ2) is 81.2. The van der Waals surface area contributed by atoms with Crippen LogP contribution in [0.4, 0.5) is 0 Å². The molecule has 2 N–H and O–H groups in total. The van der Waals surface area contributed by atoms with Gasteiger partial charge in [-0.25, -0.2) is 0 Å². The molecule has 0 aromatic carbocycles. The van der Waals surface area contributed by atoms with E-state index in [-0.39, 0.29) is 32.2 Å². The van der Waals surface area contributed by atoms with Gasteiger partial charge in [0.1, 0.15) is 0 Å². The lowest BCUT2D eigenvalue weighted by atomic mass is 9.89. The summed E-state index contributed by atoms with van der Waals surface area (Å²) in [7, 11) is 0. The van der Waals surface area contributed by atoms with Crippen LogP contribution in [0.2, 0.25) is 0 Å². The average Bonchev–Trinajstić information content (AvgIpc) is 0.873. The van der Waals surface area contributed by atoms with Gasteiger partial charge in [-0.05, 0) is 141 Å². The molecule has 0 rings (SSSR count). The lowest BCUT2D eigenvalue weighted by molar-refractivity contribution is -0.385. The Hall–Kier alpha value is -1.19. The molecule has 0 aromatic rings. The number of hydrogen-bond acceptors (Lipinski definition) is 11. The van der Waals surface area contributed by atoms with Crippen molar-refractivity contribution in [2.75, 3.05) is 79.2 Å². The van der Waals surface area contributed by atoms with E-state index >= 15 is 0 Å². The highest BCUT2D eigenvalue weighted by Gasteiger charge is 2.35. The van der Waals surface area contributed by atoms with E-state index in [4.69, 9.17) is 37.9 Å². The number of aliphatic hydroxyl groups is 2. The van der Waals surface area contributed by atoms with Crippen molar-refractivity contribution in [2.45, 2.75) is 598 Å². The van der Waals surface area contributed by atoms with Gasteiger partial charge in [-0.1, -0.05) is 465 Å².